The SMILES string of the molecule is Cc1cc(F)cc(NCc2ccc(Br)s2)c1. The molecule has 1 nitrogen and oxygen atoms in total. The summed E-state index contributed by atoms with van der Waals surface area (Å²) in [5.41, 5.74) is 1.75. The van der Waals surface area contributed by atoms with E-state index >= 15 is 0 Å². The van der Waals surface area contributed by atoms with E-state index in [4.69, 9.17) is 0 Å². The lowest BCUT2D eigenvalue weighted by atomic mass is 10.2. The summed E-state index contributed by atoms with van der Waals surface area (Å²) < 4.78 is 14.2. The van der Waals surface area contributed by atoms with Crippen molar-refractivity contribution in [3.63, 3.8) is 0 Å². The number of anilines is 1. The number of thiophene rings is 1. The van der Waals surface area contributed by atoms with Gasteiger partial charge in [0.2, 0.25) is 0 Å². The third-order valence-electron chi connectivity index (χ3n) is 2.14. The predicted molar refractivity (Wildman–Crippen MR) is 70.5 cm³/mol. The number of hydrogen-bond acceptors (Lipinski definition) is 2. The highest BCUT2D eigenvalue weighted by atomic mass is 79.9. The molecule has 0 radical (unpaired) electrons. The second-order valence-electron chi connectivity index (χ2n) is 3.58. The van der Waals surface area contributed by atoms with Crippen LogP contribution < -0.4 is 5.32 Å². The van der Waals surface area contributed by atoms with Crippen molar-refractivity contribution < 1.29 is 4.39 Å². The lowest BCUT2D eigenvalue weighted by molar-refractivity contribution is 0.627. The van der Waals surface area contributed by atoms with Crippen molar-refractivity contribution in [1.29, 1.82) is 0 Å². The van der Waals surface area contributed by atoms with Crippen molar-refractivity contribution in [2.24, 2.45) is 0 Å². The first-order chi connectivity index (χ1) is 7.63. The van der Waals surface area contributed by atoms with Gasteiger partial charge in [0.15, 0.2) is 0 Å². The number of halogens is 2. The van der Waals surface area contributed by atoms with Crippen LogP contribution in [0.3, 0.4) is 0 Å². The molecule has 84 valence electrons. The van der Waals surface area contributed by atoms with E-state index in [-0.39, 0.29) is 5.82 Å². The van der Waals surface area contributed by atoms with Crippen molar-refractivity contribution in [2.75, 3.05) is 5.32 Å². The zero-order valence-electron chi connectivity index (χ0n) is 8.76. The van der Waals surface area contributed by atoms with Gasteiger partial charge < -0.3 is 5.32 Å². The molecule has 16 heavy (non-hydrogen) atoms. The van der Waals surface area contributed by atoms with Crippen molar-refractivity contribution in [2.45, 2.75) is 13.5 Å². The predicted octanol–water partition coefficient (Wildman–Crippen LogP) is 4.57. The van der Waals surface area contributed by atoms with Crippen LogP contribution in [0, 0.1) is 12.7 Å². The van der Waals surface area contributed by atoms with Crippen LogP contribution in [0.2, 0.25) is 0 Å². The molecular formula is C12H11BrFNS. The number of aryl methyl sites for hydroxylation is 1. The largest absolute Gasteiger partial charge is 0.380 e. The van der Waals surface area contributed by atoms with E-state index in [9.17, 15) is 4.39 Å². The molecule has 0 atom stereocenters. The van der Waals surface area contributed by atoms with Crippen LogP contribution in [-0.4, -0.2) is 0 Å². The molecule has 0 aliphatic heterocycles. The summed E-state index contributed by atoms with van der Waals surface area (Å²) in [5, 5.41) is 3.21. The maximum absolute atomic E-state index is 13.1. The Morgan fingerprint density at radius 3 is 2.75 bits per heavy atom. The molecule has 1 N–H and O–H groups in total. The molecule has 0 bridgehead atoms. The third kappa shape index (κ3) is 3.06. The number of benzene rings is 1. The maximum Gasteiger partial charge on any atom is 0.125 e. The van der Waals surface area contributed by atoms with Gasteiger partial charge in [-0.25, -0.2) is 4.39 Å². The Labute approximate surface area is 106 Å². The van der Waals surface area contributed by atoms with Crippen LogP contribution in [0.5, 0.6) is 0 Å². The van der Waals surface area contributed by atoms with Gasteiger partial charge >= 0.3 is 0 Å². The normalized spacial score (nSPS) is 10.4. The molecule has 0 aliphatic carbocycles. The minimum Gasteiger partial charge on any atom is -0.380 e. The minimum atomic E-state index is -0.199. The van der Waals surface area contributed by atoms with Crippen molar-refractivity contribution in [1.82, 2.24) is 0 Å². The summed E-state index contributed by atoms with van der Waals surface area (Å²) in [4.78, 5) is 1.22. The standard InChI is InChI=1S/C12H11BrFNS/c1-8-4-9(14)6-10(5-8)15-7-11-2-3-12(13)16-11/h2-6,15H,7H2,1H3. The molecular weight excluding hydrogens is 289 g/mol. The molecule has 0 saturated carbocycles. The molecule has 0 spiro atoms. The highest BCUT2D eigenvalue weighted by Crippen LogP contribution is 2.23. The summed E-state index contributed by atoms with van der Waals surface area (Å²) in [6.45, 7) is 2.61. The smallest absolute Gasteiger partial charge is 0.125 e. The third-order valence-corrected chi connectivity index (χ3v) is 3.76. The van der Waals surface area contributed by atoms with Gasteiger partial charge in [-0.2, -0.15) is 0 Å². The van der Waals surface area contributed by atoms with Crippen molar-refractivity contribution in [3.8, 4) is 0 Å². The Hall–Kier alpha value is -0.870. The van der Waals surface area contributed by atoms with Crippen LogP contribution in [0.4, 0.5) is 10.1 Å². The highest BCUT2D eigenvalue weighted by molar-refractivity contribution is 9.11. The van der Waals surface area contributed by atoms with Crippen molar-refractivity contribution >= 4 is 33.0 Å². The summed E-state index contributed by atoms with van der Waals surface area (Å²) in [5.74, 6) is -0.199. The van der Waals surface area contributed by atoms with Gasteiger partial charge in [0.05, 0.1) is 3.79 Å². The van der Waals surface area contributed by atoms with Crippen LogP contribution in [-0.2, 0) is 6.54 Å². The van der Waals surface area contributed by atoms with E-state index in [1.54, 1.807) is 11.3 Å². The Bertz CT molecular complexity index is 475. The fraction of sp³-hybridized carbons (Fsp3) is 0.167. The summed E-state index contributed by atoms with van der Waals surface area (Å²) in [6, 6.07) is 9.03. The molecule has 1 aromatic heterocycles. The first kappa shape index (κ1) is 11.6. The molecule has 0 aliphatic rings. The Kier molecular flexibility index (Phi) is 3.61. The Morgan fingerprint density at radius 1 is 1.31 bits per heavy atom. The number of rotatable bonds is 3. The second-order valence-corrected chi connectivity index (χ2v) is 6.12. The van der Waals surface area contributed by atoms with Gasteiger partial charge in [0.1, 0.15) is 5.82 Å². The van der Waals surface area contributed by atoms with Crippen LogP contribution in [0.15, 0.2) is 34.1 Å². The zero-order valence-corrected chi connectivity index (χ0v) is 11.2. The number of hydrogen-bond donors (Lipinski definition) is 1. The molecule has 1 heterocycles. The van der Waals surface area contributed by atoms with Gasteiger partial charge in [-0.1, -0.05) is 0 Å². The topological polar surface area (TPSA) is 12.0 Å². The first-order valence-electron chi connectivity index (χ1n) is 4.89. The Balaban J connectivity index is 2.04. The van der Waals surface area contributed by atoms with Crippen LogP contribution in [0.1, 0.15) is 10.4 Å². The van der Waals surface area contributed by atoms with E-state index < -0.39 is 0 Å². The monoisotopic (exact) mass is 299 g/mol. The van der Waals surface area contributed by atoms with Gasteiger partial charge in [0.25, 0.3) is 0 Å². The molecule has 1 aromatic carbocycles. The summed E-state index contributed by atoms with van der Waals surface area (Å²) >= 11 is 5.09. The number of nitrogens with one attached hydrogen (secondary N) is 1. The lowest BCUT2D eigenvalue weighted by Gasteiger charge is -2.06. The first-order valence-corrected chi connectivity index (χ1v) is 6.50. The van der Waals surface area contributed by atoms with E-state index in [2.05, 4.69) is 21.2 Å². The summed E-state index contributed by atoms with van der Waals surface area (Å²) in [7, 11) is 0. The van der Waals surface area contributed by atoms with E-state index in [1.165, 1.54) is 17.0 Å². The van der Waals surface area contributed by atoms with Crippen LogP contribution >= 0.6 is 27.3 Å². The molecule has 0 unspecified atom stereocenters. The second kappa shape index (κ2) is 4.97. The minimum absolute atomic E-state index is 0.199. The maximum atomic E-state index is 13.1. The zero-order chi connectivity index (χ0) is 11.5. The molecule has 0 saturated heterocycles. The van der Waals surface area contributed by atoms with Crippen molar-refractivity contribution in [3.05, 3.63) is 50.4 Å². The fourth-order valence-electron chi connectivity index (χ4n) is 1.47. The molecule has 0 fully saturated rings. The lowest BCUT2D eigenvalue weighted by Crippen LogP contribution is -1.98. The molecule has 2 aromatic rings. The average molecular weight is 300 g/mol. The van der Waals surface area contributed by atoms with E-state index in [0.717, 1.165) is 21.6 Å². The van der Waals surface area contributed by atoms with Crippen LogP contribution in [0.25, 0.3) is 0 Å². The average Bonchev–Trinajstić information content (AvgIpc) is 2.60. The van der Waals surface area contributed by atoms with E-state index in [1.807, 2.05) is 25.1 Å². The summed E-state index contributed by atoms with van der Waals surface area (Å²) in [6.07, 6.45) is 0. The Morgan fingerprint density at radius 2 is 2.12 bits per heavy atom. The molecule has 4 heteroatoms. The van der Waals surface area contributed by atoms with Gasteiger partial charge in [0, 0.05) is 17.1 Å². The molecule has 2 rings (SSSR count). The van der Waals surface area contributed by atoms with Gasteiger partial charge in [-0.15, -0.1) is 11.3 Å². The highest BCUT2D eigenvalue weighted by Gasteiger charge is 2.00. The van der Waals surface area contributed by atoms with Gasteiger partial charge in [-0.3, -0.25) is 0 Å². The van der Waals surface area contributed by atoms with E-state index in [0.29, 0.717) is 0 Å². The quantitative estimate of drug-likeness (QED) is 0.875. The fourth-order valence-corrected chi connectivity index (χ4v) is 2.90. The molecule has 0 amide bonds. The van der Waals surface area contributed by atoms with Gasteiger partial charge in [-0.05, 0) is 58.7 Å².